The van der Waals surface area contributed by atoms with Crippen LogP contribution < -0.4 is 5.73 Å². The van der Waals surface area contributed by atoms with E-state index in [2.05, 4.69) is 20.8 Å². The number of nitrogens with two attached hydrogens (primary N) is 1. The van der Waals surface area contributed by atoms with Crippen LogP contribution in [0.5, 0.6) is 0 Å². The summed E-state index contributed by atoms with van der Waals surface area (Å²) in [4.78, 5) is 14.4. The van der Waals surface area contributed by atoms with Crippen LogP contribution in [0.15, 0.2) is 0 Å². The molecule has 0 spiro atoms. The van der Waals surface area contributed by atoms with Gasteiger partial charge < -0.3 is 10.6 Å². The number of hydrogen-bond acceptors (Lipinski definition) is 2. The van der Waals surface area contributed by atoms with Crippen LogP contribution >= 0.6 is 0 Å². The van der Waals surface area contributed by atoms with Gasteiger partial charge in [0.15, 0.2) is 0 Å². The standard InChI is InChI=1S/C14H28N2O/c1-11(2)9-16(4)13(17)14(10-15)7-5-12(3)6-8-14/h11-12H,5-10,15H2,1-4H3. The Labute approximate surface area is 106 Å². The lowest BCUT2D eigenvalue weighted by atomic mass is 9.70. The summed E-state index contributed by atoms with van der Waals surface area (Å²) in [7, 11) is 1.91. The molecule has 3 heteroatoms. The highest BCUT2D eigenvalue weighted by Crippen LogP contribution is 2.39. The van der Waals surface area contributed by atoms with Crippen molar-refractivity contribution in [1.82, 2.24) is 4.90 Å². The Morgan fingerprint density at radius 3 is 2.35 bits per heavy atom. The van der Waals surface area contributed by atoms with Gasteiger partial charge in [-0.2, -0.15) is 0 Å². The Morgan fingerprint density at radius 2 is 1.94 bits per heavy atom. The minimum Gasteiger partial charge on any atom is -0.345 e. The van der Waals surface area contributed by atoms with Gasteiger partial charge >= 0.3 is 0 Å². The molecule has 0 unspecified atom stereocenters. The highest BCUT2D eigenvalue weighted by atomic mass is 16.2. The predicted molar refractivity (Wildman–Crippen MR) is 71.6 cm³/mol. The van der Waals surface area contributed by atoms with Crippen molar-refractivity contribution in [3.63, 3.8) is 0 Å². The first kappa shape index (κ1) is 14.5. The molecule has 0 bridgehead atoms. The molecule has 0 saturated heterocycles. The summed E-state index contributed by atoms with van der Waals surface area (Å²) in [5.41, 5.74) is 5.64. The minimum absolute atomic E-state index is 0.264. The quantitative estimate of drug-likeness (QED) is 0.819. The number of nitrogens with zero attached hydrogens (tertiary/aromatic N) is 1. The van der Waals surface area contributed by atoms with E-state index in [4.69, 9.17) is 5.73 Å². The van der Waals surface area contributed by atoms with E-state index >= 15 is 0 Å². The van der Waals surface area contributed by atoms with Gasteiger partial charge in [-0.25, -0.2) is 0 Å². The first-order valence-corrected chi connectivity index (χ1v) is 6.87. The Bertz CT molecular complexity index is 255. The van der Waals surface area contributed by atoms with Crippen molar-refractivity contribution in [3.05, 3.63) is 0 Å². The third-order valence-electron chi connectivity index (χ3n) is 4.06. The summed E-state index contributed by atoms with van der Waals surface area (Å²) in [5, 5.41) is 0. The van der Waals surface area contributed by atoms with E-state index in [1.807, 2.05) is 11.9 Å². The van der Waals surface area contributed by atoms with Crippen LogP contribution in [0.1, 0.15) is 46.5 Å². The smallest absolute Gasteiger partial charge is 0.229 e. The van der Waals surface area contributed by atoms with E-state index in [1.54, 1.807) is 0 Å². The molecule has 0 aliphatic heterocycles. The van der Waals surface area contributed by atoms with Gasteiger partial charge in [0.05, 0.1) is 5.41 Å². The molecule has 0 aromatic rings. The van der Waals surface area contributed by atoms with Gasteiger partial charge in [0, 0.05) is 20.1 Å². The Hall–Kier alpha value is -0.570. The van der Waals surface area contributed by atoms with Crippen LogP contribution in [0.2, 0.25) is 0 Å². The fourth-order valence-electron chi connectivity index (χ4n) is 2.86. The van der Waals surface area contributed by atoms with Crippen molar-refractivity contribution in [2.75, 3.05) is 20.1 Å². The largest absolute Gasteiger partial charge is 0.345 e. The van der Waals surface area contributed by atoms with Crippen molar-refractivity contribution in [3.8, 4) is 0 Å². The molecule has 100 valence electrons. The van der Waals surface area contributed by atoms with Gasteiger partial charge in [-0.1, -0.05) is 20.8 Å². The van der Waals surface area contributed by atoms with Crippen LogP contribution in [0.3, 0.4) is 0 Å². The number of carbonyl (C=O) groups excluding carboxylic acids is 1. The highest BCUT2D eigenvalue weighted by molar-refractivity contribution is 5.83. The molecule has 1 aliphatic carbocycles. The van der Waals surface area contributed by atoms with Crippen LogP contribution in [0.4, 0.5) is 0 Å². The van der Waals surface area contributed by atoms with Gasteiger partial charge in [0.1, 0.15) is 0 Å². The molecule has 2 N–H and O–H groups in total. The SMILES string of the molecule is CC(C)CN(C)C(=O)C1(CN)CCC(C)CC1. The topological polar surface area (TPSA) is 46.3 Å². The molecule has 0 aromatic carbocycles. The lowest BCUT2D eigenvalue weighted by Crippen LogP contribution is -2.49. The first-order chi connectivity index (χ1) is 7.91. The third-order valence-corrected chi connectivity index (χ3v) is 4.06. The molecule has 1 amide bonds. The van der Waals surface area contributed by atoms with Crippen molar-refractivity contribution >= 4 is 5.91 Å². The molecule has 1 aliphatic rings. The lowest BCUT2D eigenvalue weighted by molar-refractivity contribution is -0.143. The average molecular weight is 240 g/mol. The molecule has 0 heterocycles. The second-order valence-electron chi connectivity index (χ2n) is 6.25. The number of hydrogen-bond donors (Lipinski definition) is 1. The maximum Gasteiger partial charge on any atom is 0.229 e. The molecule has 0 atom stereocenters. The van der Waals surface area contributed by atoms with Crippen LogP contribution in [0, 0.1) is 17.3 Å². The molecule has 1 rings (SSSR count). The fraction of sp³-hybridized carbons (Fsp3) is 0.929. The Morgan fingerprint density at radius 1 is 1.41 bits per heavy atom. The zero-order chi connectivity index (χ0) is 13.1. The van der Waals surface area contributed by atoms with E-state index in [-0.39, 0.29) is 11.3 Å². The molecule has 1 saturated carbocycles. The summed E-state index contributed by atoms with van der Waals surface area (Å²) in [6, 6.07) is 0. The number of rotatable bonds is 4. The van der Waals surface area contributed by atoms with Gasteiger partial charge in [-0.3, -0.25) is 4.79 Å². The van der Waals surface area contributed by atoms with Gasteiger partial charge in [0.25, 0.3) is 0 Å². The van der Waals surface area contributed by atoms with Gasteiger partial charge in [-0.05, 0) is 37.5 Å². The van der Waals surface area contributed by atoms with Crippen molar-refractivity contribution < 1.29 is 4.79 Å². The van der Waals surface area contributed by atoms with Crippen molar-refractivity contribution in [2.24, 2.45) is 23.0 Å². The second-order valence-corrected chi connectivity index (χ2v) is 6.25. The molecule has 0 aromatic heterocycles. The Kier molecular flexibility index (Phi) is 4.99. The summed E-state index contributed by atoms with van der Waals surface area (Å²) in [6.45, 7) is 7.88. The molecule has 3 nitrogen and oxygen atoms in total. The zero-order valence-electron chi connectivity index (χ0n) is 11.8. The monoisotopic (exact) mass is 240 g/mol. The third kappa shape index (κ3) is 3.44. The molecular weight excluding hydrogens is 212 g/mol. The first-order valence-electron chi connectivity index (χ1n) is 6.87. The van der Waals surface area contributed by atoms with E-state index in [1.165, 1.54) is 0 Å². The number of amides is 1. The van der Waals surface area contributed by atoms with Crippen molar-refractivity contribution in [1.29, 1.82) is 0 Å². The molecule has 1 fully saturated rings. The predicted octanol–water partition coefficient (Wildman–Crippen LogP) is 2.26. The Balaban J connectivity index is 2.69. The highest BCUT2D eigenvalue weighted by Gasteiger charge is 2.41. The number of carbonyl (C=O) groups is 1. The van der Waals surface area contributed by atoms with Gasteiger partial charge in [-0.15, -0.1) is 0 Å². The molecule has 17 heavy (non-hydrogen) atoms. The summed E-state index contributed by atoms with van der Waals surface area (Å²) in [5.74, 6) is 1.53. The van der Waals surface area contributed by atoms with E-state index in [0.29, 0.717) is 12.5 Å². The van der Waals surface area contributed by atoms with Crippen LogP contribution in [-0.4, -0.2) is 30.9 Å². The van der Waals surface area contributed by atoms with Crippen molar-refractivity contribution in [2.45, 2.75) is 46.5 Å². The van der Waals surface area contributed by atoms with E-state index in [0.717, 1.165) is 38.1 Å². The van der Waals surface area contributed by atoms with Gasteiger partial charge in [0.2, 0.25) is 5.91 Å². The zero-order valence-corrected chi connectivity index (χ0v) is 11.8. The second kappa shape index (κ2) is 5.85. The maximum atomic E-state index is 12.5. The summed E-state index contributed by atoms with van der Waals surface area (Å²) < 4.78 is 0. The maximum absolute atomic E-state index is 12.5. The summed E-state index contributed by atoms with van der Waals surface area (Å²) >= 11 is 0. The lowest BCUT2D eigenvalue weighted by Gasteiger charge is -2.40. The van der Waals surface area contributed by atoms with Crippen LogP contribution in [-0.2, 0) is 4.79 Å². The minimum atomic E-state index is -0.268. The van der Waals surface area contributed by atoms with Crippen LogP contribution in [0.25, 0.3) is 0 Å². The molecule has 0 radical (unpaired) electrons. The van der Waals surface area contributed by atoms with E-state index < -0.39 is 0 Å². The fourth-order valence-corrected chi connectivity index (χ4v) is 2.86. The summed E-state index contributed by atoms with van der Waals surface area (Å²) in [6.07, 6.45) is 4.20. The molecular formula is C14H28N2O. The van der Waals surface area contributed by atoms with E-state index in [9.17, 15) is 4.79 Å². The average Bonchev–Trinajstić information content (AvgIpc) is 2.29. The normalized spacial score (nSPS) is 29.4.